The summed E-state index contributed by atoms with van der Waals surface area (Å²) in [6.07, 6.45) is 7.74. The number of Topliss-reactive ketones (excluding diaryl/α,β-unsaturated/α-hetero) is 1. The second-order valence-electron chi connectivity index (χ2n) is 3.62. The Morgan fingerprint density at radius 2 is 2.19 bits per heavy atom. The van der Waals surface area contributed by atoms with Gasteiger partial charge in [-0.3, -0.25) is 9.59 Å². The fourth-order valence-corrected chi connectivity index (χ4v) is 1.23. The molecular formula is C12H20N2O2. The zero-order valence-electron chi connectivity index (χ0n) is 9.79. The molecule has 3 N–H and O–H groups in total. The number of carbonyl (C=O) groups is 2. The van der Waals surface area contributed by atoms with Gasteiger partial charge in [0, 0.05) is 25.8 Å². The Hall–Kier alpha value is -1.34. The van der Waals surface area contributed by atoms with Crippen molar-refractivity contribution in [2.75, 3.05) is 6.54 Å². The predicted molar refractivity (Wildman–Crippen MR) is 63.6 cm³/mol. The smallest absolute Gasteiger partial charge is 0.220 e. The van der Waals surface area contributed by atoms with Gasteiger partial charge in [0.2, 0.25) is 5.91 Å². The van der Waals surface area contributed by atoms with Gasteiger partial charge in [-0.25, -0.2) is 0 Å². The monoisotopic (exact) mass is 224 g/mol. The summed E-state index contributed by atoms with van der Waals surface area (Å²) in [5.41, 5.74) is 5.61. The van der Waals surface area contributed by atoms with Gasteiger partial charge in [-0.1, -0.05) is 6.92 Å². The van der Waals surface area contributed by atoms with Crippen molar-refractivity contribution in [2.45, 2.75) is 45.1 Å². The van der Waals surface area contributed by atoms with Gasteiger partial charge in [0.15, 0.2) is 0 Å². The van der Waals surface area contributed by atoms with Crippen LogP contribution in [-0.2, 0) is 9.59 Å². The van der Waals surface area contributed by atoms with Crippen LogP contribution >= 0.6 is 0 Å². The highest BCUT2D eigenvalue weighted by Gasteiger charge is 2.10. The van der Waals surface area contributed by atoms with Crippen molar-refractivity contribution in [3.8, 4) is 12.3 Å². The Bertz CT molecular complexity index is 269. The lowest BCUT2D eigenvalue weighted by Crippen LogP contribution is -2.35. The molecular weight excluding hydrogens is 204 g/mol. The highest BCUT2D eigenvalue weighted by Crippen LogP contribution is 1.95. The molecule has 16 heavy (non-hydrogen) atoms. The van der Waals surface area contributed by atoms with Gasteiger partial charge in [-0.05, 0) is 12.8 Å². The van der Waals surface area contributed by atoms with Gasteiger partial charge in [-0.2, -0.15) is 0 Å². The van der Waals surface area contributed by atoms with E-state index in [1.54, 1.807) is 6.92 Å². The average Bonchev–Trinajstić information content (AvgIpc) is 2.28. The second kappa shape index (κ2) is 8.93. The van der Waals surface area contributed by atoms with Gasteiger partial charge < -0.3 is 11.1 Å². The minimum absolute atomic E-state index is 0.0292. The normalized spacial score (nSPS) is 11.6. The molecule has 0 aromatic carbocycles. The summed E-state index contributed by atoms with van der Waals surface area (Å²) in [7, 11) is 0. The van der Waals surface area contributed by atoms with Crippen molar-refractivity contribution in [3.05, 3.63) is 0 Å². The van der Waals surface area contributed by atoms with Crippen molar-refractivity contribution in [1.82, 2.24) is 5.32 Å². The maximum Gasteiger partial charge on any atom is 0.220 e. The maximum absolute atomic E-state index is 11.2. The lowest BCUT2D eigenvalue weighted by Gasteiger charge is -2.09. The minimum atomic E-state index is -0.462. The van der Waals surface area contributed by atoms with Gasteiger partial charge in [0.05, 0.1) is 6.04 Å². The van der Waals surface area contributed by atoms with Crippen molar-refractivity contribution in [1.29, 1.82) is 0 Å². The molecule has 0 unspecified atom stereocenters. The molecule has 0 fully saturated rings. The van der Waals surface area contributed by atoms with Crippen LogP contribution in [0.15, 0.2) is 0 Å². The molecule has 0 aliphatic carbocycles. The highest BCUT2D eigenvalue weighted by atomic mass is 16.1. The molecule has 0 aliphatic heterocycles. The number of terminal acetylenes is 1. The van der Waals surface area contributed by atoms with Crippen LogP contribution in [-0.4, -0.2) is 24.3 Å². The molecule has 0 heterocycles. The molecule has 1 atom stereocenters. The van der Waals surface area contributed by atoms with Crippen LogP contribution in [0.3, 0.4) is 0 Å². The van der Waals surface area contributed by atoms with E-state index in [1.807, 2.05) is 0 Å². The van der Waals surface area contributed by atoms with Crippen molar-refractivity contribution in [2.24, 2.45) is 5.73 Å². The summed E-state index contributed by atoms with van der Waals surface area (Å²) in [6, 6.07) is -0.462. The number of carbonyl (C=O) groups excluding carboxylic acids is 2. The van der Waals surface area contributed by atoms with Crippen LogP contribution in [0.1, 0.15) is 39.0 Å². The van der Waals surface area contributed by atoms with Crippen LogP contribution in [0.2, 0.25) is 0 Å². The standard InChI is InChI=1S/C12H20N2O2/c1-3-5-6-7-12(16)14-9-8-10(13)11(15)4-2/h1,10H,4-9,13H2,2H3,(H,14,16)/t10-/m0/s1. The largest absolute Gasteiger partial charge is 0.356 e. The third-order valence-electron chi connectivity index (χ3n) is 2.26. The number of amides is 1. The van der Waals surface area contributed by atoms with E-state index in [1.165, 1.54) is 0 Å². The van der Waals surface area contributed by atoms with Crippen LogP contribution in [0.4, 0.5) is 0 Å². The quantitative estimate of drug-likeness (QED) is 0.468. The molecule has 90 valence electrons. The van der Waals surface area contributed by atoms with E-state index in [-0.39, 0.29) is 11.7 Å². The molecule has 4 nitrogen and oxygen atoms in total. The molecule has 0 bridgehead atoms. The number of nitrogens with two attached hydrogens (primary N) is 1. The lowest BCUT2D eigenvalue weighted by atomic mass is 10.1. The van der Waals surface area contributed by atoms with E-state index >= 15 is 0 Å². The van der Waals surface area contributed by atoms with Crippen molar-refractivity contribution >= 4 is 11.7 Å². The molecule has 0 aromatic rings. The van der Waals surface area contributed by atoms with E-state index in [2.05, 4.69) is 11.2 Å². The highest BCUT2D eigenvalue weighted by molar-refractivity contribution is 5.83. The summed E-state index contributed by atoms with van der Waals surface area (Å²) in [4.78, 5) is 22.4. The molecule has 0 radical (unpaired) electrons. The van der Waals surface area contributed by atoms with Crippen LogP contribution in [0.25, 0.3) is 0 Å². The number of unbranched alkanes of at least 4 members (excludes halogenated alkanes) is 1. The van der Waals surface area contributed by atoms with E-state index in [0.29, 0.717) is 38.6 Å². The number of ketones is 1. The van der Waals surface area contributed by atoms with Gasteiger partial charge in [0.1, 0.15) is 5.78 Å². The first-order valence-corrected chi connectivity index (χ1v) is 5.60. The van der Waals surface area contributed by atoms with Gasteiger partial charge in [-0.15, -0.1) is 12.3 Å². The minimum Gasteiger partial charge on any atom is -0.356 e. The van der Waals surface area contributed by atoms with E-state index in [9.17, 15) is 9.59 Å². The molecule has 0 saturated heterocycles. The van der Waals surface area contributed by atoms with E-state index in [4.69, 9.17) is 12.2 Å². The first-order valence-electron chi connectivity index (χ1n) is 5.60. The Morgan fingerprint density at radius 1 is 1.50 bits per heavy atom. The zero-order valence-corrected chi connectivity index (χ0v) is 9.79. The molecule has 0 aromatic heterocycles. The SMILES string of the molecule is C#CCCCC(=O)NCC[C@H](N)C(=O)CC. The average molecular weight is 224 g/mol. The van der Waals surface area contributed by atoms with Crippen LogP contribution < -0.4 is 11.1 Å². The Morgan fingerprint density at radius 3 is 2.75 bits per heavy atom. The first kappa shape index (κ1) is 14.7. The fraction of sp³-hybridized carbons (Fsp3) is 0.667. The molecule has 4 heteroatoms. The van der Waals surface area contributed by atoms with Crippen molar-refractivity contribution in [3.63, 3.8) is 0 Å². The molecule has 0 saturated carbocycles. The first-order chi connectivity index (χ1) is 7.61. The predicted octanol–water partition coefficient (Wildman–Crippen LogP) is 0.603. The number of hydrogen-bond acceptors (Lipinski definition) is 3. The van der Waals surface area contributed by atoms with Gasteiger partial charge >= 0.3 is 0 Å². The Balaban J connectivity index is 3.54. The summed E-state index contributed by atoms with van der Waals surface area (Å²) in [6.45, 7) is 2.22. The van der Waals surface area contributed by atoms with E-state index < -0.39 is 6.04 Å². The topological polar surface area (TPSA) is 72.2 Å². The summed E-state index contributed by atoms with van der Waals surface area (Å²) in [5, 5.41) is 2.71. The summed E-state index contributed by atoms with van der Waals surface area (Å²) >= 11 is 0. The fourth-order valence-electron chi connectivity index (χ4n) is 1.23. The Kier molecular flexibility index (Phi) is 8.18. The zero-order chi connectivity index (χ0) is 12.4. The third-order valence-corrected chi connectivity index (χ3v) is 2.26. The molecule has 0 rings (SSSR count). The van der Waals surface area contributed by atoms with Crippen LogP contribution in [0, 0.1) is 12.3 Å². The molecule has 1 amide bonds. The second-order valence-corrected chi connectivity index (χ2v) is 3.62. The van der Waals surface area contributed by atoms with E-state index in [0.717, 1.165) is 0 Å². The third kappa shape index (κ3) is 7.02. The van der Waals surface area contributed by atoms with Crippen LogP contribution in [0.5, 0.6) is 0 Å². The van der Waals surface area contributed by atoms with Crippen molar-refractivity contribution < 1.29 is 9.59 Å². The molecule has 0 aliphatic rings. The molecule has 0 spiro atoms. The Labute approximate surface area is 97.0 Å². The lowest BCUT2D eigenvalue weighted by molar-refractivity contribution is -0.122. The number of rotatable bonds is 8. The summed E-state index contributed by atoms with van der Waals surface area (Å²) in [5.74, 6) is 2.47. The maximum atomic E-state index is 11.2. The number of nitrogens with one attached hydrogen (secondary N) is 1. The summed E-state index contributed by atoms with van der Waals surface area (Å²) < 4.78 is 0. The van der Waals surface area contributed by atoms with Gasteiger partial charge in [0.25, 0.3) is 0 Å². The number of hydrogen-bond donors (Lipinski definition) is 2.